The molecule has 1 aromatic carbocycles. The molecule has 0 saturated carbocycles. The highest BCUT2D eigenvalue weighted by Gasteiger charge is 2.26. The minimum Gasteiger partial charge on any atom is -0.475 e. The van der Waals surface area contributed by atoms with Crippen LogP contribution in [0.15, 0.2) is 29.3 Å². The van der Waals surface area contributed by atoms with Crippen molar-refractivity contribution in [3.05, 3.63) is 35.4 Å². The Morgan fingerprint density at radius 1 is 1.31 bits per heavy atom. The van der Waals surface area contributed by atoms with Gasteiger partial charge in [0.15, 0.2) is 5.78 Å². The zero-order valence-corrected chi connectivity index (χ0v) is 9.78. The van der Waals surface area contributed by atoms with Crippen molar-refractivity contribution in [1.29, 1.82) is 0 Å². The van der Waals surface area contributed by atoms with Crippen molar-refractivity contribution >= 4 is 11.7 Å². The third-order valence-electron chi connectivity index (χ3n) is 2.50. The van der Waals surface area contributed by atoms with E-state index in [0.717, 1.165) is 5.56 Å². The second-order valence-electron chi connectivity index (χ2n) is 4.65. The van der Waals surface area contributed by atoms with E-state index < -0.39 is 0 Å². The number of Topliss-reactive ketones (excluding diaryl/α,β-unsaturated/α-hetero) is 1. The SMILES string of the molecule is CC(=O)c1ccc(C2=NC(C)(C)CO2)cc1. The van der Waals surface area contributed by atoms with Gasteiger partial charge in [-0.05, 0) is 32.9 Å². The molecule has 0 radical (unpaired) electrons. The van der Waals surface area contributed by atoms with Gasteiger partial charge in [0.2, 0.25) is 5.90 Å². The van der Waals surface area contributed by atoms with Crippen molar-refractivity contribution in [3.8, 4) is 0 Å². The van der Waals surface area contributed by atoms with Gasteiger partial charge >= 0.3 is 0 Å². The Balaban J connectivity index is 2.27. The van der Waals surface area contributed by atoms with Crippen LogP contribution < -0.4 is 0 Å². The van der Waals surface area contributed by atoms with Crippen LogP contribution in [0.2, 0.25) is 0 Å². The van der Waals surface area contributed by atoms with Gasteiger partial charge in [0.05, 0.1) is 5.54 Å². The first kappa shape index (κ1) is 10.9. The van der Waals surface area contributed by atoms with E-state index in [9.17, 15) is 4.79 Å². The van der Waals surface area contributed by atoms with E-state index in [1.165, 1.54) is 0 Å². The Morgan fingerprint density at radius 3 is 2.38 bits per heavy atom. The van der Waals surface area contributed by atoms with Crippen molar-refractivity contribution in [2.45, 2.75) is 26.3 Å². The average Bonchev–Trinajstić information content (AvgIpc) is 2.59. The lowest BCUT2D eigenvalue weighted by molar-refractivity contribution is 0.101. The van der Waals surface area contributed by atoms with E-state index in [1.54, 1.807) is 19.1 Å². The van der Waals surface area contributed by atoms with E-state index in [1.807, 2.05) is 26.0 Å². The van der Waals surface area contributed by atoms with Gasteiger partial charge in [-0.1, -0.05) is 12.1 Å². The average molecular weight is 217 g/mol. The zero-order valence-electron chi connectivity index (χ0n) is 9.78. The van der Waals surface area contributed by atoms with Gasteiger partial charge in [-0.25, -0.2) is 4.99 Å². The number of hydrogen-bond acceptors (Lipinski definition) is 3. The molecule has 84 valence electrons. The molecule has 0 spiro atoms. The minimum absolute atomic E-state index is 0.0705. The molecule has 0 aromatic heterocycles. The van der Waals surface area contributed by atoms with Crippen molar-refractivity contribution in [1.82, 2.24) is 0 Å². The van der Waals surface area contributed by atoms with Crippen molar-refractivity contribution < 1.29 is 9.53 Å². The first-order valence-corrected chi connectivity index (χ1v) is 5.32. The number of carbonyl (C=O) groups is 1. The monoisotopic (exact) mass is 217 g/mol. The summed E-state index contributed by atoms with van der Waals surface area (Å²) < 4.78 is 5.52. The Kier molecular flexibility index (Phi) is 2.54. The summed E-state index contributed by atoms with van der Waals surface area (Å²) in [6.07, 6.45) is 0. The van der Waals surface area contributed by atoms with Gasteiger partial charge in [0.1, 0.15) is 6.61 Å². The summed E-state index contributed by atoms with van der Waals surface area (Å²) in [5.41, 5.74) is 1.49. The smallest absolute Gasteiger partial charge is 0.216 e. The molecule has 1 aromatic rings. The molecule has 1 aliphatic heterocycles. The molecule has 1 heterocycles. The molecule has 3 heteroatoms. The second-order valence-corrected chi connectivity index (χ2v) is 4.65. The second kappa shape index (κ2) is 3.74. The summed E-state index contributed by atoms with van der Waals surface area (Å²) in [7, 11) is 0. The minimum atomic E-state index is -0.144. The first-order chi connectivity index (χ1) is 7.48. The van der Waals surface area contributed by atoms with E-state index in [-0.39, 0.29) is 11.3 Å². The van der Waals surface area contributed by atoms with Gasteiger partial charge in [-0.2, -0.15) is 0 Å². The van der Waals surface area contributed by atoms with Crippen LogP contribution in [0.25, 0.3) is 0 Å². The lowest BCUT2D eigenvalue weighted by Crippen LogP contribution is -2.17. The van der Waals surface area contributed by atoms with Gasteiger partial charge in [0, 0.05) is 11.1 Å². The molecule has 2 rings (SSSR count). The number of ether oxygens (including phenoxy) is 1. The third kappa shape index (κ3) is 2.13. The molecule has 16 heavy (non-hydrogen) atoms. The number of ketones is 1. The molecular weight excluding hydrogens is 202 g/mol. The molecule has 0 saturated heterocycles. The predicted octanol–water partition coefficient (Wildman–Crippen LogP) is 2.44. The highest BCUT2D eigenvalue weighted by atomic mass is 16.5. The summed E-state index contributed by atoms with van der Waals surface area (Å²) in [5.74, 6) is 0.737. The molecule has 0 aliphatic carbocycles. The van der Waals surface area contributed by atoms with Gasteiger partial charge in [0.25, 0.3) is 0 Å². The lowest BCUT2D eigenvalue weighted by atomic mass is 10.1. The van der Waals surface area contributed by atoms with E-state index in [0.29, 0.717) is 18.1 Å². The molecule has 0 unspecified atom stereocenters. The first-order valence-electron chi connectivity index (χ1n) is 5.32. The Morgan fingerprint density at radius 2 is 1.94 bits per heavy atom. The Hall–Kier alpha value is -1.64. The maximum atomic E-state index is 11.1. The van der Waals surface area contributed by atoms with Gasteiger partial charge in [-0.15, -0.1) is 0 Å². The number of rotatable bonds is 2. The Bertz CT molecular complexity index is 444. The number of nitrogens with zero attached hydrogens (tertiary/aromatic N) is 1. The summed E-state index contributed by atoms with van der Waals surface area (Å²) in [6, 6.07) is 7.34. The summed E-state index contributed by atoms with van der Waals surface area (Å²) in [4.78, 5) is 15.6. The highest BCUT2D eigenvalue weighted by Crippen LogP contribution is 2.20. The fraction of sp³-hybridized carbons (Fsp3) is 0.385. The summed E-state index contributed by atoms with van der Waals surface area (Å²) in [5, 5.41) is 0. The molecule has 0 fully saturated rings. The Labute approximate surface area is 95.2 Å². The van der Waals surface area contributed by atoms with Crippen molar-refractivity contribution in [2.75, 3.05) is 6.61 Å². The fourth-order valence-corrected chi connectivity index (χ4v) is 1.58. The highest BCUT2D eigenvalue weighted by molar-refractivity contribution is 5.98. The van der Waals surface area contributed by atoms with Gasteiger partial charge in [-0.3, -0.25) is 4.79 Å². The fourth-order valence-electron chi connectivity index (χ4n) is 1.58. The van der Waals surface area contributed by atoms with Crippen LogP contribution in [-0.2, 0) is 4.74 Å². The maximum Gasteiger partial charge on any atom is 0.216 e. The van der Waals surface area contributed by atoms with Gasteiger partial charge < -0.3 is 4.74 Å². The molecule has 1 aliphatic rings. The number of benzene rings is 1. The van der Waals surface area contributed by atoms with Crippen molar-refractivity contribution in [3.63, 3.8) is 0 Å². The van der Waals surface area contributed by atoms with Crippen LogP contribution in [0.3, 0.4) is 0 Å². The molecule has 0 atom stereocenters. The van der Waals surface area contributed by atoms with Crippen LogP contribution >= 0.6 is 0 Å². The van der Waals surface area contributed by atoms with Crippen LogP contribution in [0, 0.1) is 0 Å². The van der Waals surface area contributed by atoms with Crippen LogP contribution in [0.1, 0.15) is 36.7 Å². The van der Waals surface area contributed by atoms with E-state index >= 15 is 0 Å². The third-order valence-corrected chi connectivity index (χ3v) is 2.50. The van der Waals surface area contributed by atoms with Crippen molar-refractivity contribution in [2.24, 2.45) is 4.99 Å². The largest absolute Gasteiger partial charge is 0.475 e. The number of carbonyl (C=O) groups excluding carboxylic acids is 1. The van der Waals surface area contributed by atoms with Crippen LogP contribution in [0.5, 0.6) is 0 Å². The molecule has 0 N–H and O–H groups in total. The standard InChI is InChI=1S/C13H15NO2/c1-9(15)10-4-6-11(7-5-10)12-14-13(2,3)8-16-12/h4-7H,8H2,1-3H3. The normalized spacial score (nSPS) is 17.8. The number of hydrogen-bond donors (Lipinski definition) is 0. The molecular formula is C13H15NO2. The molecule has 0 amide bonds. The van der Waals surface area contributed by atoms with Crippen LogP contribution in [0.4, 0.5) is 0 Å². The number of aliphatic imine (C=N–C) groups is 1. The quantitative estimate of drug-likeness (QED) is 0.714. The molecule has 0 bridgehead atoms. The predicted molar refractivity (Wildman–Crippen MR) is 63.0 cm³/mol. The zero-order chi connectivity index (χ0) is 11.8. The molecule has 3 nitrogen and oxygen atoms in total. The van der Waals surface area contributed by atoms with E-state index in [4.69, 9.17) is 4.74 Å². The maximum absolute atomic E-state index is 11.1. The topological polar surface area (TPSA) is 38.7 Å². The summed E-state index contributed by atoms with van der Waals surface area (Å²) in [6.45, 7) is 6.23. The lowest BCUT2D eigenvalue weighted by Gasteiger charge is -2.07. The summed E-state index contributed by atoms with van der Waals surface area (Å²) >= 11 is 0. The van der Waals surface area contributed by atoms with Crippen LogP contribution in [-0.4, -0.2) is 23.8 Å². The van der Waals surface area contributed by atoms with E-state index in [2.05, 4.69) is 4.99 Å².